The molecule has 2 aromatic rings. The van der Waals surface area contributed by atoms with Gasteiger partial charge in [-0.25, -0.2) is 0 Å². The number of aromatic nitrogens is 2. The van der Waals surface area contributed by atoms with Crippen molar-refractivity contribution in [2.45, 2.75) is 25.5 Å². The van der Waals surface area contributed by atoms with Crippen LogP contribution in [-0.2, 0) is 10.3 Å². The minimum atomic E-state index is -0.802. The first kappa shape index (κ1) is 16.9. The Morgan fingerprint density at radius 1 is 1.46 bits per heavy atom. The van der Waals surface area contributed by atoms with Crippen LogP contribution in [0.25, 0.3) is 0 Å². The molecule has 7 nitrogen and oxygen atoms in total. The zero-order valence-corrected chi connectivity index (χ0v) is 14.3. The molecule has 2 heterocycles. The molecule has 0 radical (unpaired) electrons. The number of ether oxygens (including phenoxy) is 1. The highest BCUT2D eigenvalue weighted by molar-refractivity contribution is 6.30. The number of hydrogen-bond donors (Lipinski definition) is 2. The van der Waals surface area contributed by atoms with Crippen molar-refractivity contribution in [3.63, 3.8) is 0 Å². The van der Waals surface area contributed by atoms with Crippen LogP contribution in [0.1, 0.15) is 42.0 Å². The largest absolute Gasteiger partial charge is 0.366 e. The molecule has 0 saturated carbocycles. The van der Waals surface area contributed by atoms with Gasteiger partial charge in [0.25, 0.3) is 11.8 Å². The van der Waals surface area contributed by atoms with E-state index in [0.29, 0.717) is 35.5 Å². The van der Waals surface area contributed by atoms with Crippen LogP contribution in [0.5, 0.6) is 0 Å². The van der Waals surface area contributed by atoms with Gasteiger partial charge in [-0.15, -0.1) is 0 Å². The Kier molecular flexibility index (Phi) is 4.84. The van der Waals surface area contributed by atoms with E-state index in [1.807, 2.05) is 13.8 Å². The fourth-order valence-corrected chi connectivity index (χ4v) is 2.58. The molecule has 3 rings (SSSR count). The molecular weight excluding hydrogens is 332 g/mol. The average Bonchev–Trinajstić information content (AvgIpc) is 3.06. The Labute approximate surface area is 144 Å². The van der Waals surface area contributed by atoms with Gasteiger partial charge in [-0.05, 0) is 32.0 Å². The van der Waals surface area contributed by atoms with Crippen LogP contribution >= 0.6 is 11.6 Å². The molecule has 1 amide bonds. The zero-order valence-electron chi connectivity index (χ0n) is 13.5. The van der Waals surface area contributed by atoms with Gasteiger partial charge in [0, 0.05) is 23.7 Å². The molecule has 1 aliphatic heterocycles. The fourth-order valence-electron chi connectivity index (χ4n) is 2.39. The maximum atomic E-state index is 12.4. The second kappa shape index (κ2) is 6.88. The van der Waals surface area contributed by atoms with Crippen molar-refractivity contribution < 1.29 is 14.1 Å². The summed E-state index contributed by atoms with van der Waals surface area (Å²) < 4.78 is 10.9. The quantitative estimate of drug-likeness (QED) is 0.877. The molecule has 1 atom stereocenters. The number of rotatable bonds is 4. The van der Waals surface area contributed by atoms with Gasteiger partial charge < -0.3 is 19.9 Å². The van der Waals surface area contributed by atoms with Crippen LogP contribution in [0.15, 0.2) is 28.8 Å². The zero-order chi connectivity index (χ0) is 17.2. The van der Waals surface area contributed by atoms with Gasteiger partial charge >= 0.3 is 0 Å². The van der Waals surface area contributed by atoms with Crippen molar-refractivity contribution in [2.24, 2.45) is 0 Å². The summed E-state index contributed by atoms with van der Waals surface area (Å²) in [5, 5.41) is 10.6. The Bertz CT molecular complexity index is 726. The summed E-state index contributed by atoms with van der Waals surface area (Å²) >= 11 is 5.93. The van der Waals surface area contributed by atoms with Crippen LogP contribution in [0, 0.1) is 0 Å². The number of nitrogens with zero attached hydrogens (tertiary/aromatic N) is 2. The summed E-state index contributed by atoms with van der Waals surface area (Å²) in [6.45, 7) is 5.64. The minimum Gasteiger partial charge on any atom is -0.366 e. The maximum Gasteiger partial charge on any atom is 0.257 e. The van der Waals surface area contributed by atoms with Gasteiger partial charge in [0.05, 0.1) is 12.1 Å². The van der Waals surface area contributed by atoms with Crippen molar-refractivity contribution in [3.05, 3.63) is 46.6 Å². The highest BCUT2D eigenvalue weighted by atomic mass is 35.5. The van der Waals surface area contributed by atoms with Crippen LogP contribution in [0.2, 0.25) is 5.02 Å². The number of benzene rings is 1. The van der Waals surface area contributed by atoms with E-state index >= 15 is 0 Å². The molecule has 1 saturated heterocycles. The molecule has 8 heteroatoms. The maximum absolute atomic E-state index is 12.4. The van der Waals surface area contributed by atoms with Crippen LogP contribution in [0.4, 0.5) is 0 Å². The van der Waals surface area contributed by atoms with Crippen LogP contribution in [-0.4, -0.2) is 35.7 Å². The van der Waals surface area contributed by atoms with E-state index in [2.05, 4.69) is 20.8 Å². The molecule has 0 aliphatic carbocycles. The topological polar surface area (TPSA) is 89.3 Å². The predicted molar refractivity (Wildman–Crippen MR) is 87.8 cm³/mol. The number of hydrogen-bond acceptors (Lipinski definition) is 6. The lowest BCUT2D eigenvalue weighted by Crippen LogP contribution is -2.42. The third-order valence-electron chi connectivity index (χ3n) is 3.72. The summed E-state index contributed by atoms with van der Waals surface area (Å²) in [5.74, 6) is 0.536. The van der Waals surface area contributed by atoms with Gasteiger partial charge in [-0.1, -0.05) is 22.8 Å². The Morgan fingerprint density at radius 2 is 2.29 bits per heavy atom. The second-order valence-corrected chi connectivity index (χ2v) is 6.55. The first-order chi connectivity index (χ1) is 11.5. The Balaban J connectivity index is 1.73. The van der Waals surface area contributed by atoms with E-state index in [1.165, 1.54) is 0 Å². The van der Waals surface area contributed by atoms with Gasteiger partial charge in [-0.3, -0.25) is 4.79 Å². The highest BCUT2D eigenvalue weighted by Crippen LogP contribution is 2.22. The van der Waals surface area contributed by atoms with E-state index in [1.54, 1.807) is 24.3 Å². The van der Waals surface area contributed by atoms with Crippen molar-refractivity contribution in [1.29, 1.82) is 0 Å². The second-order valence-electron chi connectivity index (χ2n) is 6.11. The molecule has 1 fully saturated rings. The minimum absolute atomic E-state index is 0.260. The van der Waals surface area contributed by atoms with Crippen molar-refractivity contribution in [3.8, 4) is 0 Å². The third kappa shape index (κ3) is 3.75. The molecule has 1 aromatic carbocycles. The number of carbonyl (C=O) groups excluding carboxylic acids is 1. The molecule has 1 aromatic heterocycles. The Hall–Kier alpha value is -1.96. The number of halogens is 1. The molecule has 1 aliphatic rings. The van der Waals surface area contributed by atoms with Gasteiger partial charge in [0.2, 0.25) is 0 Å². The molecule has 24 heavy (non-hydrogen) atoms. The predicted octanol–water partition coefficient (Wildman–Crippen LogP) is 2.05. The summed E-state index contributed by atoms with van der Waals surface area (Å²) in [6.07, 6.45) is -0.264. The first-order valence-corrected chi connectivity index (χ1v) is 8.08. The number of carbonyl (C=O) groups is 1. The standard InChI is InChI=1S/C16H19ClN4O3/c1-16(2,20-13(22)10-4-3-5-11(17)8-10)15-19-14(24-21-15)12-9-18-6-7-23-12/h3-5,8,12,18H,6-7,9H2,1-2H3,(H,20,22)/t12-/m1/s1. The Morgan fingerprint density at radius 3 is 3.00 bits per heavy atom. The van der Waals surface area contributed by atoms with Crippen molar-refractivity contribution in [2.75, 3.05) is 19.7 Å². The molecule has 2 N–H and O–H groups in total. The molecule has 0 spiro atoms. The summed E-state index contributed by atoms with van der Waals surface area (Å²) in [4.78, 5) is 16.8. The molecular formula is C16H19ClN4O3. The number of amides is 1. The van der Waals surface area contributed by atoms with Crippen molar-refractivity contribution in [1.82, 2.24) is 20.8 Å². The van der Waals surface area contributed by atoms with Crippen LogP contribution in [0.3, 0.4) is 0 Å². The van der Waals surface area contributed by atoms with Crippen molar-refractivity contribution >= 4 is 17.5 Å². The lowest BCUT2D eigenvalue weighted by molar-refractivity contribution is 0.00755. The molecule has 128 valence electrons. The average molecular weight is 351 g/mol. The van der Waals surface area contributed by atoms with E-state index in [9.17, 15) is 4.79 Å². The number of morpholine rings is 1. The summed E-state index contributed by atoms with van der Waals surface area (Å²) in [6, 6.07) is 6.74. The lowest BCUT2D eigenvalue weighted by Gasteiger charge is -2.23. The normalized spacial score (nSPS) is 18.4. The monoisotopic (exact) mass is 350 g/mol. The third-order valence-corrected chi connectivity index (χ3v) is 3.95. The van der Waals surface area contributed by atoms with Gasteiger partial charge in [-0.2, -0.15) is 4.98 Å². The smallest absolute Gasteiger partial charge is 0.257 e. The van der Waals surface area contributed by atoms with E-state index in [4.69, 9.17) is 20.9 Å². The SMILES string of the molecule is CC(C)(NC(=O)c1cccc(Cl)c1)c1noc([C@H]2CNCCO2)n1. The summed E-state index contributed by atoms with van der Waals surface area (Å²) in [7, 11) is 0. The summed E-state index contributed by atoms with van der Waals surface area (Å²) in [5.41, 5.74) is -0.331. The van der Waals surface area contributed by atoms with E-state index in [0.717, 1.165) is 6.54 Å². The van der Waals surface area contributed by atoms with E-state index < -0.39 is 5.54 Å². The van der Waals surface area contributed by atoms with E-state index in [-0.39, 0.29) is 12.0 Å². The lowest BCUT2D eigenvalue weighted by atomic mass is 10.0. The van der Waals surface area contributed by atoms with Crippen LogP contribution < -0.4 is 10.6 Å². The molecule has 0 bridgehead atoms. The fraction of sp³-hybridized carbons (Fsp3) is 0.438. The van der Waals surface area contributed by atoms with Gasteiger partial charge in [0.1, 0.15) is 6.10 Å². The number of nitrogens with one attached hydrogen (secondary N) is 2. The molecule has 0 unspecified atom stereocenters. The highest BCUT2D eigenvalue weighted by Gasteiger charge is 2.31. The first-order valence-electron chi connectivity index (χ1n) is 7.70. The van der Waals surface area contributed by atoms with Gasteiger partial charge in [0.15, 0.2) is 5.82 Å².